The van der Waals surface area contributed by atoms with Crippen LogP contribution in [0.4, 0.5) is 0 Å². The fourth-order valence-corrected chi connectivity index (χ4v) is 5.88. The molecule has 0 heterocycles. The second-order valence-corrected chi connectivity index (χ2v) is 11.1. The number of carbonyl (C=O) groups excluding carboxylic acids is 2. The van der Waals surface area contributed by atoms with Gasteiger partial charge in [0.05, 0.1) is 0 Å². The van der Waals surface area contributed by atoms with E-state index in [1.807, 2.05) is 65.6 Å². The Morgan fingerprint density at radius 2 is 1.57 bits per heavy atom. The maximum Gasteiger partial charge on any atom is 0.243 e. The second kappa shape index (κ2) is 14.0. The van der Waals surface area contributed by atoms with Gasteiger partial charge in [0.2, 0.25) is 11.8 Å². The van der Waals surface area contributed by atoms with Gasteiger partial charge in [-0.3, -0.25) is 9.59 Å². The highest BCUT2D eigenvalue weighted by molar-refractivity contribution is 7.99. The smallest absolute Gasteiger partial charge is 0.243 e. The van der Waals surface area contributed by atoms with Gasteiger partial charge in [-0.1, -0.05) is 97.6 Å². The lowest BCUT2D eigenvalue weighted by atomic mass is 9.94. The zero-order valence-corrected chi connectivity index (χ0v) is 22.6. The molecule has 3 aromatic carbocycles. The van der Waals surface area contributed by atoms with Crippen LogP contribution < -0.4 is 5.32 Å². The Labute approximate surface area is 225 Å². The second-order valence-electron chi connectivity index (χ2n) is 9.97. The van der Waals surface area contributed by atoms with Crippen LogP contribution in [0.3, 0.4) is 0 Å². The van der Waals surface area contributed by atoms with E-state index in [0.29, 0.717) is 25.1 Å². The molecule has 0 radical (unpaired) electrons. The van der Waals surface area contributed by atoms with Gasteiger partial charge in [0.15, 0.2) is 0 Å². The number of amides is 2. The molecule has 1 atom stereocenters. The van der Waals surface area contributed by atoms with E-state index in [4.69, 9.17) is 0 Å². The molecule has 1 saturated carbocycles. The standard InChI is InChI=1S/C32H38N2O2S/c1-25-12-11-15-27(22-25)24-34(31(35)20-21-37-29-18-9-4-10-19-29)30(23-26-13-5-2-6-14-26)32(36)33-28-16-7-3-8-17-28/h2,4-6,9-15,18-19,22,28,30H,3,7-8,16-17,20-21,23-24H2,1H3,(H,33,36)/t30-/m0/s1. The molecular weight excluding hydrogens is 476 g/mol. The van der Waals surface area contributed by atoms with Crippen molar-refractivity contribution < 1.29 is 9.59 Å². The van der Waals surface area contributed by atoms with E-state index in [9.17, 15) is 9.59 Å². The summed E-state index contributed by atoms with van der Waals surface area (Å²) in [6.45, 7) is 2.48. The first-order valence-electron chi connectivity index (χ1n) is 13.5. The Bertz CT molecular complexity index is 1130. The van der Waals surface area contributed by atoms with Gasteiger partial charge in [0.25, 0.3) is 0 Å². The van der Waals surface area contributed by atoms with Gasteiger partial charge in [-0.25, -0.2) is 0 Å². The summed E-state index contributed by atoms with van der Waals surface area (Å²) < 4.78 is 0. The highest BCUT2D eigenvalue weighted by Crippen LogP contribution is 2.22. The summed E-state index contributed by atoms with van der Waals surface area (Å²) in [6.07, 6.45) is 6.45. The summed E-state index contributed by atoms with van der Waals surface area (Å²) in [5, 5.41) is 3.32. The fourth-order valence-electron chi connectivity index (χ4n) is 5.02. The minimum atomic E-state index is -0.556. The summed E-state index contributed by atoms with van der Waals surface area (Å²) in [4.78, 5) is 30.6. The predicted octanol–water partition coefficient (Wildman–Crippen LogP) is 6.57. The van der Waals surface area contributed by atoms with Gasteiger partial charge in [-0.15, -0.1) is 11.8 Å². The molecular formula is C32H38N2O2S. The van der Waals surface area contributed by atoms with Crippen LogP contribution >= 0.6 is 11.8 Å². The zero-order valence-electron chi connectivity index (χ0n) is 21.8. The van der Waals surface area contributed by atoms with E-state index < -0.39 is 6.04 Å². The van der Waals surface area contributed by atoms with Crippen LogP contribution in [0.25, 0.3) is 0 Å². The van der Waals surface area contributed by atoms with Crippen molar-refractivity contribution in [2.24, 2.45) is 0 Å². The molecule has 2 amide bonds. The normalized spacial score (nSPS) is 14.6. The molecule has 5 heteroatoms. The molecule has 4 nitrogen and oxygen atoms in total. The lowest BCUT2D eigenvalue weighted by molar-refractivity contribution is -0.141. The van der Waals surface area contributed by atoms with Gasteiger partial charge in [-0.05, 0) is 43.0 Å². The maximum atomic E-state index is 13.8. The number of carbonyl (C=O) groups is 2. The van der Waals surface area contributed by atoms with Gasteiger partial charge >= 0.3 is 0 Å². The Kier molecular flexibility index (Phi) is 10.2. The molecule has 0 bridgehead atoms. The molecule has 0 spiro atoms. The molecule has 1 fully saturated rings. The zero-order chi connectivity index (χ0) is 25.9. The highest BCUT2D eigenvalue weighted by atomic mass is 32.2. The van der Waals surface area contributed by atoms with Crippen LogP contribution in [-0.2, 0) is 22.6 Å². The number of hydrogen-bond donors (Lipinski definition) is 1. The number of aryl methyl sites for hydroxylation is 1. The average Bonchev–Trinajstić information content (AvgIpc) is 2.92. The van der Waals surface area contributed by atoms with Crippen molar-refractivity contribution in [1.82, 2.24) is 10.2 Å². The fraction of sp³-hybridized carbons (Fsp3) is 0.375. The number of nitrogens with zero attached hydrogens (tertiary/aromatic N) is 1. The minimum Gasteiger partial charge on any atom is -0.352 e. The maximum absolute atomic E-state index is 13.8. The van der Waals surface area contributed by atoms with Crippen molar-refractivity contribution in [2.45, 2.75) is 75.4 Å². The molecule has 1 aliphatic carbocycles. The van der Waals surface area contributed by atoms with Crippen LogP contribution in [0.15, 0.2) is 89.8 Å². The van der Waals surface area contributed by atoms with Crippen LogP contribution in [0.5, 0.6) is 0 Å². The number of nitrogens with one attached hydrogen (secondary N) is 1. The molecule has 0 aromatic heterocycles. The van der Waals surface area contributed by atoms with Crippen molar-refractivity contribution in [3.05, 3.63) is 102 Å². The number of benzene rings is 3. The first kappa shape index (κ1) is 27.0. The third-order valence-electron chi connectivity index (χ3n) is 6.99. The average molecular weight is 515 g/mol. The summed E-state index contributed by atoms with van der Waals surface area (Å²) in [5.74, 6) is 0.660. The third-order valence-corrected chi connectivity index (χ3v) is 8.00. The van der Waals surface area contributed by atoms with E-state index in [2.05, 4.69) is 36.5 Å². The van der Waals surface area contributed by atoms with Crippen LogP contribution in [-0.4, -0.2) is 34.6 Å². The van der Waals surface area contributed by atoms with Gasteiger partial charge in [-0.2, -0.15) is 0 Å². The van der Waals surface area contributed by atoms with E-state index in [0.717, 1.165) is 47.3 Å². The monoisotopic (exact) mass is 514 g/mol. The molecule has 194 valence electrons. The molecule has 0 aliphatic heterocycles. The van der Waals surface area contributed by atoms with Crippen LogP contribution in [0.2, 0.25) is 0 Å². The lowest BCUT2D eigenvalue weighted by Crippen LogP contribution is -2.52. The van der Waals surface area contributed by atoms with Crippen molar-refractivity contribution in [1.29, 1.82) is 0 Å². The topological polar surface area (TPSA) is 49.4 Å². The van der Waals surface area contributed by atoms with Gasteiger partial charge in [0.1, 0.15) is 6.04 Å². The summed E-state index contributed by atoms with van der Waals surface area (Å²) >= 11 is 1.68. The van der Waals surface area contributed by atoms with Crippen LogP contribution in [0.1, 0.15) is 55.2 Å². The molecule has 4 rings (SSSR count). The Morgan fingerprint density at radius 3 is 2.27 bits per heavy atom. The highest BCUT2D eigenvalue weighted by Gasteiger charge is 2.31. The molecule has 1 aliphatic rings. The number of hydrogen-bond acceptors (Lipinski definition) is 3. The molecule has 0 unspecified atom stereocenters. The predicted molar refractivity (Wildman–Crippen MR) is 152 cm³/mol. The number of thioether (sulfide) groups is 1. The van der Waals surface area contributed by atoms with Crippen molar-refractivity contribution in [3.8, 4) is 0 Å². The summed E-state index contributed by atoms with van der Waals surface area (Å²) in [5.41, 5.74) is 3.26. The van der Waals surface area contributed by atoms with Crippen molar-refractivity contribution in [3.63, 3.8) is 0 Å². The third kappa shape index (κ3) is 8.50. The summed E-state index contributed by atoms with van der Waals surface area (Å²) in [6, 6.07) is 28.1. The van der Waals surface area contributed by atoms with E-state index >= 15 is 0 Å². The number of rotatable bonds is 11. The largest absolute Gasteiger partial charge is 0.352 e. The Hall–Kier alpha value is -3.05. The Morgan fingerprint density at radius 1 is 0.892 bits per heavy atom. The summed E-state index contributed by atoms with van der Waals surface area (Å²) in [7, 11) is 0. The molecule has 1 N–H and O–H groups in total. The minimum absolute atomic E-state index is 0.0182. The van der Waals surface area contributed by atoms with E-state index in [1.165, 1.54) is 6.42 Å². The van der Waals surface area contributed by atoms with E-state index in [1.54, 1.807) is 11.8 Å². The van der Waals surface area contributed by atoms with Gasteiger partial charge in [0, 0.05) is 36.1 Å². The lowest BCUT2D eigenvalue weighted by Gasteiger charge is -2.33. The molecule has 37 heavy (non-hydrogen) atoms. The van der Waals surface area contributed by atoms with Crippen LogP contribution in [0, 0.1) is 6.92 Å². The molecule has 0 saturated heterocycles. The van der Waals surface area contributed by atoms with Gasteiger partial charge < -0.3 is 10.2 Å². The van der Waals surface area contributed by atoms with Crippen molar-refractivity contribution in [2.75, 3.05) is 5.75 Å². The quantitative estimate of drug-likeness (QED) is 0.295. The SMILES string of the molecule is Cc1cccc(CN(C(=O)CCSc2ccccc2)[C@@H](Cc2ccccc2)C(=O)NC2CCCCC2)c1. The van der Waals surface area contributed by atoms with E-state index in [-0.39, 0.29) is 17.9 Å². The first-order chi connectivity index (χ1) is 18.1. The van der Waals surface area contributed by atoms with Crippen molar-refractivity contribution >= 4 is 23.6 Å². The first-order valence-corrected chi connectivity index (χ1v) is 14.4. The molecule has 3 aromatic rings. The Balaban J connectivity index is 1.56.